The molecule has 0 aliphatic carbocycles. The van der Waals surface area contributed by atoms with Crippen molar-refractivity contribution in [2.45, 2.75) is 6.92 Å². The minimum Gasteiger partial charge on any atom is -0.354 e. The Kier molecular flexibility index (Phi) is 4.98. The van der Waals surface area contributed by atoms with E-state index < -0.39 is 0 Å². The maximum atomic E-state index is 12.3. The number of nitrogens with zero attached hydrogens (tertiary/aromatic N) is 4. The Morgan fingerprint density at radius 3 is 2.79 bits per heavy atom. The van der Waals surface area contributed by atoms with E-state index in [0.717, 1.165) is 22.2 Å². The van der Waals surface area contributed by atoms with Crippen LogP contribution in [0.4, 0.5) is 11.5 Å². The van der Waals surface area contributed by atoms with Crippen LogP contribution in [0.25, 0.3) is 22.2 Å². The van der Waals surface area contributed by atoms with E-state index in [0.29, 0.717) is 28.6 Å². The Bertz CT molecular complexity index is 1200. The van der Waals surface area contributed by atoms with E-state index >= 15 is 0 Å². The molecule has 1 aromatic carbocycles. The Labute approximate surface area is 173 Å². The summed E-state index contributed by atoms with van der Waals surface area (Å²) in [6.07, 6.45) is 5.57. The van der Waals surface area contributed by atoms with E-state index in [2.05, 4.69) is 20.4 Å². The van der Waals surface area contributed by atoms with Crippen LogP contribution in [-0.2, 0) is 7.05 Å². The maximum absolute atomic E-state index is 12.3. The number of aromatic amines is 1. The lowest BCUT2D eigenvalue weighted by atomic mass is 10.2. The van der Waals surface area contributed by atoms with Crippen molar-refractivity contribution in [2.75, 3.05) is 18.9 Å². The van der Waals surface area contributed by atoms with Gasteiger partial charge in [-0.1, -0.05) is 11.6 Å². The Morgan fingerprint density at radius 1 is 1.28 bits per heavy atom. The number of H-pyrrole nitrogens is 1. The zero-order valence-electron chi connectivity index (χ0n) is 16.4. The van der Waals surface area contributed by atoms with Crippen LogP contribution in [0.15, 0.2) is 48.9 Å². The molecule has 3 aromatic heterocycles. The molecule has 148 valence electrons. The molecule has 0 saturated carbocycles. The summed E-state index contributed by atoms with van der Waals surface area (Å²) >= 11 is 6.40. The fourth-order valence-electron chi connectivity index (χ4n) is 3.06. The van der Waals surface area contributed by atoms with E-state index in [1.807, 2.05) is 38.5 Å². The second-order valence-corrected chi connectivity index (χ2v) is 7.29. The third-order valence-electron chi connectivity index (χ3n) is 4.82. The van der Waals surface area contributed by atoms with Gasteiger partial charge >= 0.3 is 0 Å². The molecule has 0 aliphatic rings. The van der Waals surface area contributed by atoms with Gasteiger partial charge in [-0.2, -0.15) is 5.10 Å². The van der Waals surface area contributed by atoms with Crippen LogP contribution in [0.3, 0.4) is 0 Å². The van der Waals surface area contributed by atoms with Crippen molar-refractivity contribution in [3.63, 3.8) is 0 Å². The van der Waals surface area contributed by atoms with Crippen LogP contribution in [0, 0.1) is 0 Å². The fraction of sp³-hybridized carbons (Fsp3) is 0.190. The van der Waals surface area contributed by atoms with Crippen molar-refractivity contribution in [3.8, 4) is 11.3 Å². The number of aromatic nitrogens is 4. The second kappa shape index (κ2) is 7.60. The quantitative estimate of drug-likeness (QED) is 0.511. The van der Waals surface area contributed by atoms with Crippen LogP contribution in [0.1, 0.15) is 17.3 Å². The van der Waals surface area contributed by atoms with Crippen molar-refractivity contribution in [2.24, 2.45) is 7.05 Å². The highest BCUT2D eigenvalue weighted by Gasteiger charge is 2.13. The summed E-state index contributed by atoms with van der Waals surface area (Å²) in [7, 11) is 3.65. The molecule has 4 aromatic rings. The number of halogens is 1. The first-order chi connectivity index (χ1) is 13.9. The van der Waals surface area contributed by atoms with Gasteiger partial charge in [-0.15, -0.1) is 0 Å². The third kappa shape index (κ3) is 3.82. The standard InChI is InChI=1S/C21H21ClN6O/c1-4-27(2)21(29)13-5-6-17(16(22)7-13)26-20-9-19-14(10-23-20)8-18(25-19)15-11-24-28(3)12-15/h5-12,25H,4H2,1-3H3,(H,23,26). The summed E-state index contributed by atoms with van der Waals surface area (Å²) in [6, 6.07) is 9.19. The van der Waals surface area contributed by atoms with Gasteiger partial charge in [0, 0.05) is 61.3 Å². The number of anilines is 2. The molecular weight excluding hydrogens is 388 g/mol. The molecule has 0 unspecified atom stereocenters. The van der Waals surface area contributed by atoms with Gasteiger partial charge in [-0.25, -0.2) is 4.98 Å². The molecule has 7 nitrogen and oxygen atoms in total. The number of carbonyl (C=O) groups is 1. The molecule has 0 radical (unpaired) electrons. The summed E-state index contributed by atoms with van der Waals surface area (Å²) in [5.41, 5.74) is 4.19. The molecule has 1 amide bonds. The van der Waals surface area contributed by atoms with E-state index in [1.54, 1.807) is 41.0 Å². The number of amides is 1. The number of nitrogens with one attached hydrogen (secondary N) is 2. The van der Waals surface area contributed by atoms with Gasteiger partial charge in [0.05, 0.1) is 22.4 Å². The minimum atomic E-state index is -0.0604. The zero-order valence-corrected chi connectivity index (χ0v) is 17.2. The predicted octanol–water partition coefficient (Wildman–Crippen LogP) is 4.45. The van der Waals surface area contributed by atoms with Gasteiger partial charge in [0.15, 0.2) is 0 Å². The highest BCUT2D eigenvalue weighted by Crippen LogP contribution is 2.29. The molecule has 0 saturated heterocycles. The predicted molar refractivity (Wildman–Crippen MR) is 116 cm³/mol. The zero-order chi connectivity index (χ0) is 20.5. The molecule has 0 aliphatic heterocycles. The van der Waals surface area contributed by atoms with E-state index in [4.69, 9.17) is 11.6 Å². The maximum Gasteiger partial charge on any atom is 0.253 e. The molecule has 0 atom stereocenters. The first kappa shape index (κ1) is 19.0. The van der Waals surface area contributed by atoms with E-state index in [-0.39, 0.29) is 5.91 Å². The molecule has 0 spiro atoms. The molecule has 29 heavy (non-hydrogen) atoms. The van der Waals surface area contributed by atoms with E-state index in [9.17, 15) is 4.79 Å². The molecule has 8 heteroatoms. The second-order valence-electron chi connectivity index (χ2n) is 6.88. The first-order valence-electron chi connectivity index (χ1n) is 9.24. The summed E-state index contributed by atoms with van der Waals surface area (Å²) in [4.78, 5) is 21.8. The van der Waals surface area contributed by atoms with Crippen LogP contribution in [-0.4, -0.2) is 44.1 Å². The summed E-state index contributed by atoms with van der Waals surface area (Å²) in [6.45, 7) is 2.56. The third-order valence-corrected chi connectivity index (χ3v) is 5.13. The Balaban J connectivity index is 1.58. The monoisotopic (exact) mass is 408 g/mol. The number of aryl methyl sites for hydroxylation is 1. The van der Waals surface area contributed by atoms with Crippen molar-refractivity contribution in [1.82, 2.24) is 24.6 Å². The van der Waals surface area contributed by atoms with Crippen LogP contribution in [0.5, 0.6) is 0 Å². The average molecular weight is 409 g/mol. The van der Waals surface area contributed by atoms with Gasteiger partial charge in [0.25, 0.3) is 5.91 Å². The molecule has 2 N–H and O–H groups in total. The highest BCUT2D eigenvalue weighted by atomic mass is 35.5. The van der Waals surface area contributed by atoms with Gasteiger partial charge in [0.1, 0.15) is 5.82 Å². The lowest BCUT2D eigenvalue weighted by Gasteiger charge is -2.15. The molecule has 0 bridgehead atoms. The van der Waals surface area contributed by atoms with Crippen LogP contribution in [0.2, 0.25) is 5.02 Å². The van der Waals surface area contributed by atoms with Crippen molar-refractivity contribution in [3.05, 3.63) is 59.5 Å². The largest absolute Gasteiger partial charge is 0.354 e. The van der Waals surface area contributed by atoms with E-state index in [1.165, 1.54) is 0 Å². The molecule has 3 heterocycles. The van der Waals surface area contributed by atoms with Crippen molar-refractivity contribution >= 4 is 39.9 Å². The summed E-state index contributed by atoms with van der Waals surface area (Å²) in [5.74, 6) is 0.596. The number of fused-ring (bicyclic) bond motifs is 1. The topological polar surface area (TPSA) is 78.8 Å². The highest BCUT2D eigenvalue weighted by molar-refractivity contribution is 6.33. The number of hydrogen-bond donors (Lipinski definition) is 2. The summed E-state index contributed by atoms with van der Waals surface area (Å²) < 4.78 is 1.76. The fourth-order valence-corrected chi connectivity index (χ4v) is 3.29. The van der Waals surface area contributed by atoms with Gasteiger partial charge in [-0.3, -0.25) is 9.48 Å². The lowest BCUT2D eigenvalue weighted by molar-refractivity contribution is 0.0802. The van der Waals surface area contributed by atoms with Gasteiger partial charge < -0.3 is 15.2 Å². The number of rotatable bonds is 5. The number of carbonyl (C=O) groups excluding carboxylic acids is 1. The summed E-state index contributed by atoms with van der Waals surface area (Å²) in [5, 5.41) is 8.90. The minimum absolute atomic E-state index is 0.0604. The average Bonchev–Trinajstić information content (AvgIpc) is 3.33. The SMILES string of the molecule is CCN(C)C(=O)c1ccc(Nc2cc3[nH]c(-c4cnn(C)c4)cc3cn2)c(Cl)c1. The number of hydrogen-bond acceptors (Lipinski definition) is 4. The van der Waals surface area contributed by atoms with Crippen LogP contribution < -0.4 is 5.32 Å². The molecular formula is C21H21ClN6O. The smallest absolute Gasteiger partial charge is 0.253 e. The Hall–Kier alpha value is -3.32. The van der Waals surface area contributed by atoms with Crippen LogP contribution >= 0.6 is 11.6 Å². The van der Waals surface area contributed by atoms with Crippen molar-refractivity contribution in [1.29, 1.82) is 0 Å². The molecule has 4 rings (SSSR count). The Morgan fingerprint density at radius 2 is 2.10 bits per heavy atom. The molecule has 0 fully saturated rings. The lowest BCUT2D eigenvalue weighted by Crippen LogP contribution is -2.26. The van der Waals surface area contributed by atoms with Gasteiger partial charge in [-0.05, 0) is 31.2 Å². The normalized spacial score (nSPS) is 11.0. The van der Waals surface area contributed by atoms with Crippen molar-refractivity contribution < 1.29 is 4.79 Å². The number of pyridine rings is 1. The van der Waals surface area contributed by atoms with Gasteiger partial charge in [0.2, 0.25) is 0 Å². The first-order valence-corrected chi connectivity index (χ1v) is 9.62. The number of benzene rings is 1.